The van der Waals surface area contributed by atoms with Crippen molar-refractivity contribution in [3.05, 3.63) is 29.3 Å². The molecule has 1 aromatic rings. The molecule has 0 saturated heterocycles. The summed E-state index contributed by atoms with van der Waals surface area (Å²) in [7, 11) is 0. The molecule has 7 heteroatoms. The molecule has 0 unspecified atom stereocenters. The summed E-state index contributed by atoms with van der Waals surface area (Å²) in [5.74, 6) is 0. The number of halogens is 3. The molecule has 1 aromatic carbocycles. The summed E-state index contributed by atoms with van der Waals surface area (Å²) in [6.07, 6.45) is -3.95. The fourth-order valence-electron chi connectivity index (χ4n) is 1.96. The van der Waals surface area contributed by atoms with Crippen molar-refractivity contribution in [1.82, 2.24) is 5.32 Å². The third-order valence-corrected chi connectivity index (χ3v) is 3.40. The first kappa shape index (κ1) is 18.3. The summed E-state index contributed by atoms with van der Waals surface area (Å²) in [5, 5.41) is 13.9. The summed E-state index contributed by atoms with van der Waals surface area (Å²) in [4.78, 5) is 11.8. The van der Waals surface area contributed by atoms with E-state index >= 15 is 0 Å². The summed E-state index contributed by atoms with van der Waals surface area (Å²) in [5.41, 5.74) is -0.979. The summed E-state index contributed by atoms with van der Waals surface area (Å²) in [6, 6.07) is 3.07. The largest absolute Gasteiger partial charge is 0.416 e. The zero-order chi connectivity index (χ0) is 17.0. The van der Waals surface area contributed by atoms with Crippen LogP contribution in [0.4, 0.5) is 23.7 Å². The van der Waals surface area contributed by atoms with Gasteiger partial charge >= 0.3 is 12.2 Å². The predicted octanol–water partition coefficient (Wildman–Crippen LogP) is 3.54. The number of carbonyl (C=O) groups is 1. The molecule has 124 valence electrons. The van der Waals surface area contributed by atoms with Crippen molar-refractivity contribution in [2.45, 2.75) is 33.4 Å². The molecule has 4 nitrogen and oxygen atoms in total. The number of carbonyl (C=O) groups excluding carboxylic acids is 1. The van der Waals surface area contributed by atoms with E-state index in [1.807, 2.05) is 13.8 Å². The number of aliphatic hydroxyl groups excluding tert-OH is 1. The second-order valence-electron chi connectivity index (χ2n) is 5.92. The van der Waals surface area contributed by atoms with Crippen LogP contribution in [0.15, 0.2) is 18.2 Å². The average molecular weight is 318 g/mol. The van der Waals surface area contributed by atoms with Crippen LogP contribution in [-0.2, 0) is 6.18 Å². The smallest absolute Gasteiger partial charge is 0.396 e. The number of benzene rings is 1. The highest BCUT2D eigenvalue weighted by Gasteiger charge is 2.33. The van der Waals surface area contributed by atoms with Crippen molar-refractivity contribution in [3.8, 4) is 0 Å². The monoisotopic (exact) mass is 318 g/mol. The van der Waals surface area contributed by atoms with Gasteiger partial charge in [-0.2, -0.15) is 13.2 Å². The van der Waals surface area contributed by atoms with Gasteiger partial charge in [-0.05, 0) is 36.5 Å². The van der Waals surface area contributed by atoms with Gasteiger partial charge in [0.2, 0.25) is 0 Å². The molecule has 0 saturated carbocycles. The zero-order valence-electron chi connectivity index (χ0n) is 12.8. The molecule has 1 rings (SSSR count). The number of aliphatic hydroxyl groups is 1. The lowest BCUT2D eigenvalue weighted by atomic mass is 9.90. The molecule has 3 N–H and O–H groups in total. The first-order chi connectivity index (χ1) is 10.1. The van der Waals surface area contributed by atoms with Gasteiger partial charge in [0.05, 0.1) is 5.56 Å². The van der Waals surface area contributed by atoms with Gasteiger partial charge in [-0.25, -0.2) is 4.79 Å². The second kappa shape index (κ2) is 7.00. The Morgan fingerprint density at radius 3 is 2.45 bits per heavy atom. The molecular formula is C15H21F3N2O2. The van der Waals surface area contributed by atoms with E-state index < -0.39 is 17.8 Å². The van der Waals surface area contributed by atoms with E-state index in [0.29, 0.717) is 13.0 Å². The zero-order valence-corrected chi connectivity index (χ0v) is 12.8. The molecule has 2 amide bonds. The molecule has 0 aliphatic rings. The van der Waals surface area contributed by atoms with Crippen LogP contribution in [-0.4, -0.2) is 24.3 Å². The van der Waals surface area contributed by atoms with Crippen molar-refractivity contribution >= 4 is 11.7 Å². The normalized spacial score (nSPS) is 12.1. The van der Waals surface area contributed by atoms with Gasteiger partial charge in [-0.3, -0.25) is 0 Å². The molecule has 0 aliphatic heterocycles. The van der Waals surface area contributed by atoms with Gasteiger partial charge in [-0.1, -0.05) is 19.9 Å². The van der Waals surface area contributed by atoms with Crippen molar-refractivity contribution in [3.63, 3.8) is 0 Å². The van der Waals surface area contributed by atoms with E-state index in [-0.39, 0.29) is 23.3 Å². The molecule has 0 bridgehead atoms. The van der Waals surface area contributed by atoms with Gasteiger partial charge < -0.3 is 15.7 Å². The standard InChI is InChI=1S/C15H21F3N2O2/c1-10-11(15(16,17)18)5-4-6-12(10)20-13(22)19-9-14(2,3)7-8-21/h4-6,21H,7-9H2,1-3H3,(H2,19,20,22). The molecule has 0 fully saturated rings. The maximum absolute atomic E-state index is 12.8. The lowest BCUT2D eigenvalue weighted by molar-refractivity contribution is -0.138. The first-order valence-electron chi connectivity index (χ1n) is 6.89. The van der Waals surface area contributed by atoms with Crippen molar-refractivity contribution in [2.24, 2.45) is 5.41 Å². The van der Waals surface area contributed by atoms with Crippen molar-refractivity contribution in [1.29, 1.82) is 0 Å². The van der Waals surface area contributed by atoms with E-state index in [1.54, 1.807) is 0 Å². The minimum atomic E-state index is -4.46. The lowest BCUT2D eigenvalue weighted by Gasteiger charge is -2.24. The maximum Gasteiger partial charge on any atom is 0.416 e. The predicted molar refractivity (Wildman–Crippen MR) is 78.7 cm³/mol. The molecule has 0 aromatic heterocycles. The number of nitrogens with one attached hydrogen (secondary N) is 2. The molecule has 0 radical (unpaired) electrons. The Kier molecular flexibility index (Phi) is 5.82. The van der Waals surface area contributed by atoms with E-state index in [9.17, 15) is 18.0 Å². The minimum absolute atomic E-state index is 0.00301. The number of hydrogen-bond acceptors (Lipinski definition) is 2. The average Bonchev–Trinajstić information content (AvgIpc) is 2.37. The molecule has 0 atom stereocenters. The third-order valence-electron chi connectivity index (χ3n) is 3.40. The number of amides is 2. The quantitative estimate of drug-likeness (QED) is 0.777. The van der Waals surface area contributed by atoms with E-state index in [4.69, 9.17) is 5.11 Å². The molecule has 0 heterocycles. The fourth-order valence-corrected chi connectivity index (χ4v) is 1.96. The highest BCUT2D eigenvalue weighted by atomic mass is 19.4. The number of hydrogen-bond donors (Lipinski definition) is 3. The van der Waals surface area contributed by atoms with Crippen LogP contribution in [0, 0.1) is 12.3 Å². The highest BCUT2D eigenvalue weighted by Crippen LogP contribution is 2.34. The highest BCUT2D eigenvalue weighted by molar-refractivity contribution is 5.90. The van der Waals surface area contributed by atoms with E-state index in [2.05, 4.69) is 10.6 Å². The SMILES string of the molecule is Cc1c(NC(=O)NCC(C)(C)CCO)cccc1C(F)(F)F. The Labute approximate surface area is 127 Å². The van der Waals surface area contributed by atoms with Crippen LogP contribution in [0.5, 0.6) is 0 Å². The number of rotatable bonds is 5. The van der Waals surface area contributed by atoms with Crippen LogP contribution in [0.1, 0.15) is 31.4 Å². The summed E-state index contributed by atoms with van der Waals surface area (Å²) in [6.45, 7) is 5.37. The Bertz CT molecular complexity index is 528. The van der Waals surface area contributed by atoms with Crippen molar-refractivity contribution < 1.29 is 23.1 Å². The van der Waals surface area contributed by atoms with E-state index in [0.717, 1.165) is 6.07 Å². The van der Waals surface area contributed by atoms with Crippen LogP contribution in [0.3, 0.4) is 0 Å². The van der Waals surface area contributed by atoms with Crippen LogP contribution >= 0.6 is 0 Å². The van der Waals surface area contributed by atoms with Gasteiger partial charge in [0.1, 0.15) is 0 Å². The van der Waals surface area contributed by atoms with Gasteiger partial charge in [0, 0.05) is 18.8 Å². The molecule has 22 heavy (non-hydrogen) atoms. The van der Waals surface area contributed by atoms with E-state index in [1.165, 1.54) is 19.1 Å². The lowest BCUT2D eigenvalue weighted by Crippen LogP contribution is -2.37. The fraction of sp³-hybridized carbons (Fsp3) is 0.533. The first-order valence-corrected chi connectivity index (χ1v) is 6.89. The Morgan fingerprint density at radius 2 is 1.91 bits per heavy atom. The summed E-state index contributed by atoms with van der Waals surface area (Å²) >= 11 is 0. The molecular weight excluding hydrogens is 297 g/mol. The summed E-state index contributed by atoms with van der Waals surface area (Å²) < 4.78 is 38.4. The van der Waals surface area contributed by atoms with Gasteiger partial charge in [0.25, 0.3) is 0 Å². The Hall–Kier alpha value is -1.76. The molecule has 0 spiro atoms. The molecule has 0 aliphatic carbocycles. The number of urea groups is 1. The maximum atomic E-state index is 12.8. The van der Waals surface area contributed by atoms with Gasteiger partial charge in [-0.15, -0.1) is 0 Å². The Morgan fingerprint density at radius 1 is 1.27 bits per heavy atom. The number of anilines is 1. The second-order valence-corrected chi connectivity index (χ2v) is 5.92. The number of alkyl halides is 3. The van der Waals surface area contributed by atoms with Crippen LogP contribution in [0.25, 0.3) is 0 Å². The van der Waals surface area contributed by atoms with Crippen molar-refractivity contribution in [2.75, 3.05) is 18.5 Å². The minimum Gasteiger partial charge on any atom is -0.396 e. The van der Waals surface area contributed by atoms with Gasteiger partial charge in [0.15, 0.2) is 0 Å². The van der Waals surface area contributed by atoms with Crippen LogP contribution in [0.2, 0.25) is 0 Å². The van der Waals surface area contributed by atoms with Crippen LogP contribution < -0.4 is 10.6 Å². The topological polar surface area (TPSA) is 61.4 Å². The third kappa shape index (κ3) is 5.22. The Balaban J connectivity index is 2.74.